The Bertz CT molecular complexity index is 587. The van der Waals surface area contributed by atoms with Gasteiger partial charge in [0.2, 0.25) is 5.91 Å². The summed E-state index contributed by atoms with van der Waals surface area (Å²) < 4.78 is 0. The first-order valence-corrected chi connectivity index (χ1v) is 9.00. The van der Waals surface area contributed by atoms with Gasteiger partial charge < -0.3 is 10.6 Å². The Kier molecular flexibility index (Phi) is 7.34. The minimum atomic E-state index is -0.184. The number of halogens is 2. The van der Waals surface area contributed by atoms with Gasteiger partial charge in [-0.25, -0.2) is 0 Å². The lowest BCUT2D eigenvalue weighted by atomic mass is 10.0. The van der Waals surface area contributed by atoms with Gasteiger partial charge in [-0.3, -0.25) is 14.5 Å². The highest BCUT2D eigenvalue weighted by Gasteiger charge is 2.23. The van der Waals surface area contributed by atoms with Gasteiger partial charge in [0.1, 0.15) is 0 Å². The minimum Gasteiger partial charge on any atom is -0.355 e. The van der Waals surface area contributed by atoms with Crippen LogP contribution in [0, 0.1) is 0 Å². The molecule has 0 aromatic heterocycles. The van der Waals surface area contributed by atoms with E-state index in [-0.39, 0.29) is 17.9 Å². The Labute approximate surface area is 152 Å². The van der Waals surface area contributed by atoms with E-state index in [4.69, 9.17) is 23.2 Å². The van der Waals surface area contributed by atoms with Crippen LogP contribution in [0.5, 0.6) is 0 Å². The lowest BCUT2D eigenvalue weighted by Gasteiger charge is -2.31. The van der Waals surface area contributed by atoms with E-state index in [0.29, 0.717) is 28.7 Å². The van der Waals surface area contributed by atoms with Crippen molar-refractivity contribution in [1.29, 1.82) is 0 Å². The van der Waals surface area contributed by atoms with Gasteiger partial charge in [0.25, 0.3) is 5.91 Å². The number of likely N-dealkylation sites (tertiary alicyclic amines) is 1. The van der Waals surface area contributed by atoms with E-state index in [1.807, 2.05) is 6.92 Å². The Morgan fingerprint density at radius 1 is 1.25 bits per heavy atom. The lowest BCUT2D eigenvalue weighted by molar-refractivity contribution is -0.122. The molecule has 24 heavy (non-hydrogen) atoms. The lowest BCUT2D eigenvalue weighted by Crippen LogP contribution is -2.47. The first-order chi connectivity index (χ1) is 11.5. The molecule has 0 unspecified atom stereocenters. The third-order valence-electron chi connectivity index (χ3n) is 4.04. The molecule has 0 atom stereocenters. The number of benzene rings is 1. The standard InChI is InChI=1S/C17H23Cl2N3O2/c1-2-7-20-16(23)11-22-8-5-13(6-9-22)21-17(24)14-4-3-12(18)10-15(14)19/h3-4,10,13H,2,5-9,11H2,1H3,(H,20,23)(H,21,24). The normalized spacial score (nSPS) is 16.0. The summed E-state index contributed by atoms with van der Waals surface area (Å²) in [5.41, 5.74) is 0.433. The van der Waals surface area contributed by atoms with Crippen LogP contribution >= 0.6 is 23.2 Å². The number of hydrogen-bond acceptors (Lipinski definition) is 3. The van der Waals surface area contributed by atoms with Crippen molar-refractivity contribution < 1.29 is 9.59 Å². The summed E-state index contributed by atoms with van der Waals surface area (Å²) in [4.78, 5) is 26.2. The fourth-order valence-corrected chi connectivity index (χ4v) is 3.19. The SMILES string of the molecule is CCCNC(=O)CN1CCC(NC(=O)c2ccc(Cl)cc2Cl)CC1. The number of amides is 2. The number of hydrogen-bond donors (Lipinski definition) is 2. The predicted molar refractivity (Wildman–Crippen MR) is 96.7 cm³/mol. The topological polar surface area (TPSA) is 61.4 Å². The van der Waals surface area contributed by atoms with Crippen molar-refractivity contribution in [2.24, 2.45) is 0 Å². The van der Waals surface area contributed by atoms with Gasteiger partial charge in [0.15, 0.2) is 0 Å². The van der Waals surface area contributed by atoms with E-state index in [9.17, 15) is 9.59 Å². The van der Waals surface area contributed by atoms with Gasteiger partial charge in [-0.2, -0.15) is 0 Å². The van der Waals surface area contributed by atoms with E-state index >= 15 is 0 Å². The van der Waals surface area contributed by atoms with E-state index in [2.05, 4.69) is 15.5 Å². The molecule has 0 bridgehead atoms. The summed E-state index contributed by atoms with van der Waals surface area (Å²) in [5, 5.41) is 6.75. The Hall–Kier alpha value is -1.30. The van der Waals surface area contributed by atoms with Crippen LogP contribution in [0.3, 0.4) is 0 Å². The molecule has 1 aromatic carbocycles. The van der Waals surface area contributed by atoms with Gasteiger partial charge >= 0.3 is 0 Å². The van der Waals surface area contributed by atoms with Crippen LogP contribution in [0.4, 0.5) is 0 Å². The third-order valence-corrected chi connectivity index (χ3v) is 4.59. The molecule has 2 N–H and O–H groups in total. The molecular weight excluding hydrogens is 349 g/mol. The number of nitrogens with zero attached hydrogens (tertiary/aromatic N) is 1. The Balaban J connectivity index is 1.78. The van der Waals surface area contributed by atoms with Crippen LogP contribution in [0.1, 0.15) is 36.5 Å². The highest BCUT2D eigenvalue weighted by molar-refractivity contribution is 6.36. The molecule has 2 rings (SSSR count). The minimum absolute atomic E-state index is 0.0623. The predicted octanol–water partition coefficient (Wildman–Crippen LogP) is 2.71. The fraction of sp³-hybridized carbons (Fsp3) is 0.529. The second-order valence-corrected chi connectivity index (χ2v) is 6.84. The largest absolute Gasteiger partial charge is 0.355 e. The Morgan fingerprint density at radius 3 is 2.58 bits per heavy atom. The maximum absolute atomic E-state index is 12.3. The average molecular weight is 372 g/mol. The zero-order valence-electron chi connectivity index (χ0n) is 13.8. The molecule has 1 aliphatic heterocycles. The summed E-state index contributed by atoms with van der Waals surface area (Å²) in [6.45, 7) is 4.75. The summed E-state index contributed by atoms with van der Waals surface area (Å²) in [5.74, 6) is -0.122. The fourth-order valence-electron chi connectivity index (χ4n) is 2.70. The average Bonchev–Trinajstić information content (AvgIpc) is 2.54. The number of carbonyl (C=O) groups is 2. The number of nitrogens with one attached hydrogen (secondary N) is 2. The molecule has 2 amide bonds. The van der Waals surface area contributed by atoms with Crippen molar-refractivity contribution in [3.63, 3.8) is 0 Å². The monoisotopic (exact) mass is 371 g/mol. The van der Waals surface area contributed by atoms with E-state index in [0.717, 1.165) is 32.4 Å². The van der Waals surface area contributed by atoms with Crippen LogP contribution < -0.4 is 10.6 Å². The van der Waals surface area contributed by atoms with Gasteiger partial charge in [0, 0.05) is 30.7 Å². The first-order valence-electron chi connectivity index (χ1n) is 8.24. The van der Waals surface area contributed by atoms with Crippen LogP contribution in [-0.4, -0.2) is 48.9 Å². The number of rotatable bonds is 6. The van der Waals surface area contributed by atoms with Crippen LogP contribution in [-0.2, 0) is 4.79 Å². The highest BCUT2D eigenvalue weighted by atomic mass is 35.5. The molecule has 0 spiro atoms. The molecule has 1 aromatic rings. The Morgan fingerprint density at radius 2 is 1.96 bits per heavy atom. The van der Waals surface area contributed by atoms with Gasteiger partial charge in [-0.15, -0.1) is 0 Å². The van der Waals surface area contributed by atoms with Gasteiger partial charge in [0.05, 0.1) is 17.1 Å². The molecule has 1 fully saturated rings. The summed E-state index contributed by atoms with van der Waals surface area (Å²) >= 11 is 11.9. The quantitative estimate of drug-likeness (QED) is 0.807. The molecule has 7 heteroatoms. The molecule has 1 aliphatic rings. The van der Waals surface area contributed by atoms with Crippen molar-refractivity contribution >= 4 is 35.0 Å². The van der Waals surface area contributed by atoms with Crippen molar-refractivity contribution in [3.05, 3.63) is 33.8 Å². The first kappa shape index (κ1) is 19.0. The van der Waals surface area contributed by atoms with Gasteiger partial charge in [-0.05, 0) is 37.5 Å². The van der Waals surface area contributed by atoms with Crippen LogP contribution in [0.15, 0.2) is 18.2 Å². The summed E-state index contributed by atoms with van der Waals surface area (Å²) in [6, 6.07) is 4.95. The summed E-state index contributed by atoms with van der Waals surface area (Å²) in [6.07, 6.45) is 2.57. The molecule has 5 nitrogen and oxygen atoms in total. The molecule has 0 aliphatic carbocycles. The van der Waals surface area contributed by atoms with E-state index < -0.39 is 0 Å². The van der Waals surface area contributed by atoms with Crippen LogP contribution in [0.2, 0.25) is 10.0 Å². The van der Waals surface area contributed by atoms with E-state index in [1.54, 1.807) is 18.2 Å². The van der Waals surface area contributed by atoms with E-state index in [1.165, 1.54) is 0 Å². The van der Waals surface area contributed by atoms with Crippen molar-refractivity contribution in [1.82, 2.24) is 15.5 Å². The van der Waals surface area contributed by atoms with Gasteiger partial charge in [-0.1, -0.05) is 30.1 Å². The second kappa shape index (κ2) is 9.25. The van der Waals surface area contributed by atoms with Crippen molar-refractivity contribution in [2.75, 3.05) is 26.2 Å². The third kappa shape index (κ3) is 5.65. The summed E-state index contributed by atoms with van der Waals surface area (Å²) in [7, 11) is 0. The van der Waals surface area contributed by atoms with Crippen LogP contribution in [0.25, 0.3) is 0 Å². The number of piperidine rings is 1. The molecule has 0 radical (unpaired) electrons. The molecule has 1 saturated heterocycles. The van der Waals surface area contributed by atoms with Crippen molar-refractivity contribution in [2.45, 2.75) is 32.2 Å². The zero-order chi connectivity index (χ0) is 17.5. The molecular formula is C17H23Cl2N3O2. The smallest absolute Gasteiger partial charge is 0.253 e. The zero-order valence-corrected chi connectivity index (χ0v) is 15.3. The molecule has 0 saturated carbocycles. The molecule has 132 valence electrons. The maximum atomic E-state index is 12.3. The molecule has 1 heterocycles. The van der Waals surface area contributed by atoms with Crippen molar-refractivity contribution in [3.8, 4) is 0 Å². The maximum Gasteiger partial charge on any atom is 0.253 e. The second-order valence-electron chi connectivity index (χ2n) is 6.00. The number of carbonyl (C=O) groups excluding carboxylic acids is 2. The highest BCUT2D eigenvalue weighted by Crippen LogP contribution is 2.21.